The van der Waals surface area contributed by atoms with Crippen LogP contribution in [0.1, 0.15) is 47.2 Å². The van der Waals surface area contributed by atoms with Crippen LogP contribution >= 0.6 is 0 Å². The molecule has 0 aromatic heterocycles. The molecule has 61 heavy (non-hydrogen) atoms. The number of fused-ring (bicyclic) bond motifs is 4. The fourth-order valence-corrected chi connectivity index (χ4v) is 10.4. The molecular formula is C58H45BN2. The molecule has 0 N–H and O–H groups in total. The number of nitrogens with zero attached hydrogens (tertiary/aromatic N) is 2. The SMILES string of the molecule is CC(c1ccccc1)(c1ccccc1)c1ccc(N2c3ccc(C(C)(c4ccccc4)c4ccccc4)cc3B3c4ccccc4N(c4ccccc4)c4cccc2c43)cc1. The first-order valence-corrected chi connectivity index (χ1v) is 21.4. The number of hydrogen-bond donors (Lipinski definition) is 0. The summed E-state index contributed by atoms with van der Waals surface area (Å²) in [6.07, 6.45) is 0. The Morgan fingerprint density at radius 2 is 0.656 bits per heavy atom. The molecule has 0 saturated heterocycles. The smallest absolute Gasteiger partial charge is 0.252 e. The van der Waals surface area contributed by atoms with E-state index >= 15 is 0 Å². The van der Waals surface area contributed by atoms with E-state index in [0.717, 1.165) is 11.4 Å². The Kier molecular flexibility index (Phi) is 8.86. The lowest BCUT2D eigenvalue weighted by molar-refractivity contribution is 0.692. The van der Waals surface area contributed by atoms with Gasteiger partial charge in [0.05, 0.1) is 0 Å². The van der Waals surface area contributed by atoms with Gasteiger partial charge in [-0.05, 0) is 112 Å². The Morgan fingerprint density at radius 3 is 1.16 bits per heavy atom. The van der Waals surface area contributed by atoms with Crippen molar-refractivity contribution in [2.24, 2.45) is 0 Å². The molecule has 0 aliphatic carbocycles. The van der Waals surface area contributed by atoms with Gasteiger partial charge < -0.3 is 9.80 Å². The summed E-state index contributed by atoms with van der Waals surface area (Å²) in [5.74, 6) is 0. The minimum atomic E-state index is -0.395. The molecule has 2 aliphatic rings. The maximum Gasteiger partial charge on any atom is 0.252 e. The molecule has 0 unspecified atom stereocenters. The highest BCUT2D eigenvalue weighted by Gasteiger charge is 2.44. The molecule has 0 amide bonds. The van der Waals surface area contributed by atoms with E-state index in [2.05, 4.69) is 260 Å². The molecule has 2 nitrogen and oxygen atoms in total. The first-order chi connectivity index (χ1) is 30.0. The zero-order valence-electron chi connectivity index (χ0n) is 34.5. The Labute approximate surface area is 360 Å². The second kappa shape index (κ2) is 14.7. The molecule has 0 spiro atoms. The van der Waals surface area contributed by atoms with Gasteiger partial charge in [-0.2, -0.15) is 0 Å². The molecule has 0 fully saturated rings. The van der Waals surface area contributed by atoms with E-state index < -0.39 is 5.41 Å². The van der Waals surface area contributed by atoms with Crippen LogP contribution in [0.4, 0.5) is 34.1 Å². The summed E-state index contributed by atoms with van der Waals surface area (Å²) in [5, 5.41) is 0. The average Bonchev–Trinajstić information content (AvgIpc) is 3.34. The molecule has 2 heterocycles. The molecular weight excluding hydrogens is 735 g/mol. The summed E-state index contributed by atoms with van der Waals surface area (Å²) in [4.78, 5) is 4.98. The lowest BCUT2D eigenvalue weighted by atomic mass is 9.33. The van der Waals surface area contributed by atoms with E-state index in [4.69, 9.17) is 0 Å². The maximum atomic E-state index is 2.53. The van der Waals surface area contributed by atoms with Crippen molar-refractivity contribution in [3.8, 4) is 0 Å². The monoisotopic (exact) mass is 780 g/mol. The van der Waals surface area contributed by atoms with Gasteiger partial charge in [0, 0.05) is 45.0 Å². The van der Waals surface area contributed by atoms with Gasteiger partial charge in [-0.3, -0.25) is 0 Å². The predicted molar refractivity (Wildman–Crippen MR) is 257 cm³/mol. The van der Waals surface area contributed by atoms with Crippen molar-refractivity contribution in [2.45, 2.75) is 24.7 Å². The van der Waals surface area contributed by atoms with E-state index in [1.165, 1.54) is 72.5 Å². The number of rotatable bonds is 8. The molecule has 290 valence electrons. The lowest BCUT2D eigenvalue weighted by Gasteiger charge is -2.44. The van der Waals surface area contributed by atoms with Crippen molar-refractivity contribution in [2.75, 3.05) is 9.80 Å². The molecule has 2 aliphatic heterocycles. The summed E-state index contributed by atoms with van der Waals surface area (Å²) in [7, 11) is 0. The van der Waals surface area contributed by atoms with Crippen molar-refractivity contribution in [3.63, 3.8) is 0 Å². The molecule has 0 radical (unpaired) electrons. The Morgan fingerprint density at radius 1 is 0.295 bits per heavy atom. The second-order valence-electron chi connectivity index (χ2n) is 16.7. The first kappa shape index (κ1) is 36.7. The van der Waals surface area contributed by atoms with Gasteiger partial charge in [0.2, 0.25) is 0 Å². The number of anilines is 6. The fraction of sp³-hybridized carbons (Fsp3) is 0.0690. The van der Waals surface area contributed by atoms with Crippen LogP contribution in [0.25, 0.3) is 0 Å². The van der Waals surface area contributed by atoms with Gasteiger partial charge in [0.25, 0.3) is 6.71 Å². The molecule has 0 saturated carbocycles. The molecule has 0 atom stereocenters. The highest BCUT2D eigenvalue weighted by atomic mass is 15.2. The zero-order chi connectivity index (χ0) is 41.0. The number of benzene rings is 9. The first-order valence-electron chi connectivity index (χ1n) is 21.4. The second-order valence-corrected chi connectivity index (χ2v) is 16.7. The topological polar surface area (TPSA) is 6.48 Å². The molecule has 9 aromatic carbocycles. The van der Waals surface area contributed by atoms with Crippen LogP contribution in [0.15, 0.2) is 237 Å². The van der Waals surface area contributed by atoms with E-state index in [-0.39, 0.29) is 12.1 Å². The van der Waals surface area contributed by atoms with E-state index in [9.17, 15) is 0 Å². The molecule has 9 aromatic rings. The van der Waals surface area contributed by atoms with Gasteiger partial charge >= 0.3 is 0 Å². The third-order valence-corrected chi connectivity index (χ3v) is 13.6. The molecule has 3 heteroatoms. The molecule has 0 bridgehead atoms. The highest BCUT2D eigenvalue weighted by molar-refractivity contribution is 7.00. The number of para-hydroxylation sites is 2. The summed E-state index contributed by atoms with van der Waals surface area (Å²) in [6, 6.07) is 87.2. The fourth-order valence-electron chi connectivity index (χ4n) is 10.4. The van der Waals surface area contributed by atoms with Crippen molar-refractivity contribution in [1.29, 1.82) is 0 Å². The summed E-state index contributed by atoms with van der Waals surface area (Å²) >= 11 is 0. The van der Waals surface area contributed by atoms with Crippen molar-refractivity contribution in [1.82, 2.24) is 0 Å². The van der Waals surface area contributed by atoms with Gasteiger partial charge in [-0.25, -0.2) is 0 Å². The van der Waals surface area contributed by atoms with Crippen LogP contribution in [0.3, 0.4) is 0 Å². The zero-order valence-corrected chi connectivity index (χ0v) is 34.5. The molecule has 11 rings (SSSR count). The highest BCUT2D eigenvalue weighted by Crippen LogP contribution is 2.47. The van der Waals surface area contributed by atoms with Crippen LogP contribution in [0, 0.1) is 0 Å². The van der Waals surface area contributed by atoms with E-state index in [1.807, 2.05) is 0 Å². The van der Waals surface area contributed by atoms with E-state index in [1.54, 1.807) is 0 Å². The summed E-state index contributed by atoms with van der Waals surface area (Å²) in [5.41, 5.74) is 17.9. The Balaban J connectivity index is 1.15. The summed E-state index contributed by atoms with van der Waals surface area (Å²) < 4.78 is 0. The van der Waals surface area contributed by atoms with Gasteiger partial charge in [0.1, 0.15) is 0 Å². The van der Waals surface area contributed by atoms with Crippen molar-refractivity contribution >= 4 is 57.2 Å². The van der Waals surface area contributed by atoms with Crippen LogP contribution < -0.4 is 26.2 Å². The standard InChI is InChI=1S/C58H45BN2/c1-57(42-21-8-3-9-22-42,43-23-10-4-11-24-43)46-35-38-49(39-36-46)61-53-40-37-47(58(2,44-25-12-5-13-26-44)45-27-14-6-15-28-45)41-51(53)59-50-31-18-19-32-52(50)60(48-29-16-7-17-30-48)54-33-20-34-55(61)56(54)59/h3-41H,1-2H3. The Bertz CT molecular complexity index is 2910. The van der Waals surface area contributed by atoms with Crippen LogP contribution in [0.5, 0.6) is 0 Å². The van der Waals surface area contributed by atoms with E-state index in [0.29, 0.717) is 0 Å². The minimum Gasteiger partial charge on any atom is -0.311 e. The van der Waals surface area contributed by atoms with Crippen LogP contribution in [0.2, 0.25) is 0 Å². The normalized spacial score (nSPS) is 13.0. The lowest BCUT2D eigenvalue weighted by Crippen LogP contribution is -2.61. The quantitative estimate of drug-likeness (QED) is 0.112. The number of hydrogen-bond acceptors (Lipinski definition) is 2. The third kappa shape index (κ3) is 5.80. The maximum absolute atomic E-state index is 2.53. The van der Waals surface area contributed by atoms with Crippen LogP contribution in [-0.4, -0.2) is 6.71 Å². The van der Waals surface area contributed by atoms with Gasteiger partial charge in [-0.1, -0.05) is 188 Å². The Hall–Kier alpha value is -7.36. The third-order valence-electron chi connectivity index (χ3n) is 13.6. The van der Waals surface area contributed by atoms with Gasteiger partial charge in [0.15, 0.2) is 0 Å². The predicted octanol–water partition coefficient (Wildman–Crippen LogP) is 12.5. The van der Waals surface area contributed by atoms with Gasteiger partial charge in [-0.15, -0.1) is 0 Å². The van der Waals surface area contributed by atoms with Crippen molar-refractivity contribution < 1.29 is 0 Å². The summed E-state index contributed by atoms with van der Waals surface area (Å²) in [6.45, 7) is 4.76. The average molecular weight is 781 g/mol. The largest absolute Gasteiger partial charge is 0.311 e. The minimum absolute atomic E-state index is 0.0167. The van der Waals surface area contributed by atoms with Crippen molar-refractivity contribution in [3.05, 3.63) is 270 Å². The van der Waals surface area contributed by atoms with Crippen LogP contribution in [-0.2, 0) is 10.8 Å².